The predicted molar refractivity (Wildman–Crippen MR) is 74.9 cm³/mol. The maximum Gasteiger partial charge on any atom is 0.123 e. The van der Waals surface area contributed by atoms with Crippen molar-refractivity contribution in [1.29, 1.82) is 0 Å². The van der Waals surface area contributed by atoms with Crippen molar-refractivity contribution in [3.8, 4) is 11.5 Å². The van der Waals surface area contributed by atoms with Gasteiger partial charge in [-0.3, -0.25) is 0 Å². The Morgan fingerprint density at radius 2 is 2.26 bits per heavy atom. The first kappa shape index (κ1) is 14.2. The van der Waals surface area contributed by atoms with Gasteiger partial charge in [-0.05, 0) is 25.1 Å². The minimum Gasteiger partial charge on any atom is -0.497 e. The van der Waals surface area contributed by atoms with Gasteiger partial charge < -0.3 is 19.5 Å². The molecule has 2 rings (SSSR count). The normalized spacial score (nSPS) is 20.2. The van der Waals surface area contributed by atoms with Gasteiger partial charge in [-0.15, -0.1) is 0 Å². The number of nitrogens with one attached hydrogen (secondary N) is 1. The number of hydrogen-bond acceptors (Lipinski definition) is 4. The summed E-state index contributed by atoms with van der Waals surface area (Å²) in [4.78, 5) is 0. The first-order valence-corrected chi connectivity index (χ1v) is 6.91. The molecule has 0 aromatic heterocycles. The summed E-state index contributed by atoms with van der Waals surface area (Å²) in [6, 6.07) is 8.07. The topological polar surface area (TPSA) is 39.7 Å². The van der Waals surface area contributed by atoms with Crippen LogP contribution >= 0.6 is 0 Å². The van der Waals surface area contributed by atoms with E-state index in [9.17, 15) is 0 Å². The molecule has 0 saturated carbocycles. The number of benzene rings is 1. The summed E-state index contributed by atoms with van der Waals surface area (Å²) in [6.07, 6.45) is 1.11. The van der Waals surface area contributed by atoms with Crippen LogP contribution in [0.25, 0.3) is 0 Å². The van der Waals surface area contributed by atoms with Gasteiger partial charge in [0.1, 0.15) is 18.1 Å². The first-order valence-electron chi connectivity index (χ1n) is 6.91. The number of hydrogen-bond donors (Lipinski definition) is 1. The van der Waals surface area contributed by atoms with Gasteiger partial charge >= 0.3 is 0 Å². The zero-order valence-electron chi connectivity index (χ0n) is 11.7. The van der Waals surface area contributed by atoms with E-state index in [1.165, 1.54) is 0 Å². The number of likely N-dealkylation sites (N-methyl/N-ethyl adjacent to an activating group) is 1. The summed E-state index contributed by atoms with van der Waals surface area (Å²) in [5, 5.41) is 3.49. The van der Waals surface area contributed by atoms with E-state index >= 15 is 0 Å². The van der Waals surface area contributed by atoms with Gasteiger partial charge in [-0.2, -0.15) is 0 Å². The molecule has 19 heavy (non-hydrogen) atoms. The van der Waals surface area contributed by atoms with Crippen LogP contribution in [0.5, 0.6) is 11.5 Å². The van der Waals surface area contributed by atoms with Gasteiger partial charge in [-0.1, -0.05) is 13.0 Å². The van der Waals surface area contributed by atoms with E-state index in [-0.39, 0.29) is 0 Å². The van der Waals surface area contributed by atoms with Crippen molar-refractivity contribution < 1.29 is 14.2 Å². The molecular weight excluding hydrogens is 242 g/mol. The second kappa shape index (κ2) is 7.36. The molecule has 0 amide bonds. The van der Waals surface area contributed by atoms with Crippen LogP contribution in [0.1, 0.15) is 13.3 Å². The van der Waals surface area contributed by atoms with Gasteiger partial charge in [0.2, 0.25) is 0 Å². The molecular formula is C15H23NO3. The fraction of sp³-hybridized carbons (Fsp3) is 0.600. The zero-order chi connectivity index (χ0) is 13.5. The lowest BCUT2D eigenvalue weighted by molar-refractivity contribution is 0.160. The Balaban J connectivity index is 1.89. The average molecular weight is 265 g/mol. The van der Waals surface area contributed by atoms with Crippen LogP contribution in [0.15, 0.2) is 24.3 Å². The number of ether oxygens (including phenoxy) is 3. The Bertz CT molecular complexity index is 377. The first-order chi connectivity index (χ1) is 9.33. The van der Waals surface area contributed by atoms with Crippen LogP contribution in [0.2, 0.25) is 0 Å². The van der Waals surface area contributed by atoms with E-state index in [0.29, 0.717) is 18.6 Å². The van der Waals surface area contributed by atoms with Gasteiger partial charge in [0, 0.05) is 24.6 Å². The van der Waals surface area contributed by atoms with Crippen molar-refractivity contribution in [2.24, 2.45) is 5.92 Å². The van der Waals surface area contributed by atoms with Crippen LogP contribution in [0, 0.1) is 5.92 Å². The van der Waals surface area contributed by atoms with E-state index in [1.807, 2.05) is 24.3 Å². The monoisotopic (exact) mass is 265 g/mol. The van der Waals surface area contributed by atoms with Crippen LogP contribution in [-0.2, 0) is 4.74 Å². The summed E-state index contributed by atoms with van der Waals surface area (Å²) in [7, 11) is 1.66. The predicted octanol–water partition coefficient (Wildman–Crippen LogP) is 2.09. The molecule has 1 fully saturated rings. The molecule has 2 atom stereocenters. The highest BCUT2D eigenvalue weighted by Gasteiger charge is 2.25. The van der Waals surface area contributed by atoms with Crippen LogP contribution in [-0.4, -0.2) is 39.5 Å². The molecule has 0 spiro atoms. The molecule has 4 heteroatoms. The third-order valence-corrected chi connectivity index (χ3v) is 3.47. The molecule has 2 unspecified atom stereocenters. The number of rotatable bonds is 7. The molecule has 1 aliphatic rings. The van der Waals surface area contributed by atoms with E-state index in [2.05, 4.69) is 12.2 Å². The van der Waals surface area contributed by atoms with Crippen LogP contribution in [0.3, 0.4) is 0 Å². The summed E-state index contributed by atoms with van der Waals surface area (Å²) < 4.78 is 16.5. The lowest BCUT2D eigenvalue weighted by Crippen LogP contribution is -2.41. The molecule has 0 aliphatic carbocycles. The lowest BCUT2D eigenvalue weighted by Gasteiger charge is -2.23. The minimum atomic E-state index is 0.346. The molecule has 1 saturated heterocycles. The van der Waals surface area contributed by atoms with Gasteiger partial charge in [0.05, 0.1) is 13.7 Å². The molecule has 1 aliphatic heterocycles. The lowest BCUT2D eigenvalue weighted by atomic mass is 10.00. The summed E-state index contributed by atoms with van der Waals surface area (Å²) in [6.45, 7) is 5.43. The average Bonchev–Trinajstić information content (AvgIpc) is 2.97. The standard InChI is InChI=1S/C15H23NO3/c1-3-16-15(12-7-8-18-10-12)11-19-14-6-4-5-13(9-14)17-2/h4-6,9,12,15-16H,3,7-8,10-11H2,1-2H3. The fourth-order valence-corrected chi connectivity index (χ4v) is 2.37. The molecule has 1 aromatic carbocycles. The van der Waals surface area contributed by atoms with Gasteiger partial charge in [0.25, 0.3) is 0 Å². The molecule has 4 nitrogen and oxygen atoms in total. The Morgan fingerprint density at radius 3 is 2.95 bits per heavy atom. The Morgan fingerprint density at radius 1 is 1.42 bits per heavy atom. The third-order valence-electron chi connectivity index (χ3n) is 3.47. The van der Waals surface area contributed by atoms with E-state index < -0.39 is 0 Å². The highest BCUT2D eigenvalue weighted by atomic mass is 16.5. The van der Waals surface area contributed by atoms with Gasteiger partial charge in [0.15, 0.2) is 0 Å². The van der Waals surface area contributed by atoms with Crippen molar-refractivity contribution in [3.05, 3.63) is 24.3 Å². The zero-order valence-corrected chi connectivity index (χ0v) is 11.7. The molecule has 1 N–H and O–H groups in total. The van der Waals surface area contributed by atoms with Crippen LogP contribution in [0.4, 0.5) is 0 Å². The van der Waals surface area contributed by atoms with Crippen molar-refractivity contribution in [2.75, 3.05) is 33.5 Å². The number of methoxy groups -OCH3 is 1. The Labute approximate surface area is 115 Å². The second-order valence-corrected chi connectivity index (χ2v) is 4.78. The maximum absolute atomic E-state index is 5.88. The largest absolute Gasteiger partial charge is 0.497 e. The minimum absolute atomic E-state index is 0.346. The second-order valence-electron chi connectivity index (χ2n) is 4.78. The Hall–Kier alpha value is -1.26. The van der Waals surface area contributed by atoms with E-state index in [4.69, 9.17) is 14.2 Å². The van der Waals surface area contributed by atoms with Gasteiger partial charge in [-0.25, -0.2) is 0 Å². The summed E-state index contributed by atoms with van der Waals surface area (Å²) in [5.74, 6) is 2.22. The van der Waals surface area contributed by atoms with Crippen molar-refractivity contribution in [2.45, 2.75) is 19.4 Å². The smallest absolute Gasteiger partial charge is 0.123 e. The molecule has 0 bridgehead atoms. The maximum atomic E-state index is 5.88. The SMILES string of the molecule is CCNC(COc1cccc(OC)c1)C1CCOC1. The quantitative estimate of drug-likeness (QED) is 0.819. The fourth-order valence-electron chi connectivity index (χ4n) is 2.37. The third kappa shape index (κ3) is 4.11. The highest BCUT2D eigenvalue weighted by Crippen LogP contribution is 2.21. The van der Waals surface area contributed by atoms with Crippen molar-refractivity contribution in [1.82, 2.24) is 5.32 Å². The molecule has 106 valence electrons. The van der Waals surface area contributed by atoms with Crippen molar-refractivity contribution >= 4 is 0 Å². The molecule has 1 aromatic rings. The molecule has 1 heterocycles. The highest BCUT2D eigenvalue weighted by molar-refractivity contribution is 5.32. The molecule has 0 radical (unpaired) electrons. The van der Waals surface area contributed by atoms with Crippen LogP contribution < -0.4 is 14.8 Å². The summed E-state index contributed by atoms with van der Waals surface area (Å²) >= 11 is 0. The van der Waals surface area contributed by atoms with E-state index in [1.54, 1.807) is 7.11 Å². The van der Waals surface area contributed by atoms with Crippen molar-refractivity contribution in [3.63, 3.8) is 0 Å². The summed E-state index contributed by atoms with van der Waals surface area (Å²) in [5.41, 5.74) is 0. The van der Waals surface area contributed by atoms with E-state index in [0.717, 1.165) is 37.7 Å². The Kier molecular flexibility index (Phi) is 5.48.